The summed E-state index contributed by atoms with van der Waals surface area (Å²) in [5, 5.41) is 8.96. The Morgan fingerprint density at radius 1 is 1.33 bits per heavy atom. The second-order valence-electron chi connectivity index (χ2n) is 6.37. The fourth-order valence-electron chi connectivity index (χ4n) is 2.85. The van der Waals surface area contributed by atoms with Crippen molar-refractivity contribution in [1.29, 1.82) is 0 Å². The monoisotopic (exact) mass is 381 g/mol. The summed E-state index contributed by atoms with van der Waals surface area (Å²) in [6.45, 7) is 3.92. The van der Waals surface area contributed by atoms with Gasteiger partial charge in [-0.15, -0.1) is 11.3 Å². The minimum Gasteiger partial charge on any atom is -0.348 e. The van der Waals surface area contributed by atoms with Crippen molar-refractivity contribution in [2.24, 2.45) is 0 Å². The number of hydrogen-bond donors (Lipinski definition) is 1. The molecule has 138 valence electrons. The molecule has 8 heteroatoms. The molecule has 1 amide bonds. The maximum absolute atomic E-state index is 12.3. The van der Waals surface area contributed by atoms with Gasteiger partial charge in [0.05, 0.1) is 11.7 Å². The molecule has 27 heavy (non-hydrogen) atoms. The summed E-state index contributed by atoms with van der Waals surface area (Å²) >= 11 is 1.56. The predicted molar refractivity (Wildman–Crippen MR) is 102 cm³/mol. The smallest absolute Gasteiger partial charge is 0.227 e. The molecule has 3 heterocycles. The summed E-state index contributed by atoms with van der Waals surface area (Å²) < 4.78 is 7.24. The van der Waals surface area contributed by atoms with Gasteiger partial charge in [0.25, 0.3) is 0 Å². The number of benzene rings is 1. The van der Waals surface area contributed by atoms with Gasteiger partial charge in [0.15, 0.2) is 4.96 Å². The predicted octanol–water partition coefficient (Wildman–Crippen LogP) is 3.56. The largest absolute Gasteiger partial charge is 0.348 e. The second kappa shape index (κ2) is 7.32. The Bertz CT molecular complexity index is 1050. The summed E-state index contributed by atoms with van der Waals surface area (Å²) in [6.07, 6.45) is 4.56. The van der Waals surface area contributed by atoms with Crippen LogP contribution < -0.4 is 5.32 Å². The number of aryl methyl sites for hydroxylation is 2. The lowest BCUT2D eigenvalue weighted by Gasteiger charge is -2.10. The van der Waals surface area contributed by atoms with E-state index in [1.807, 2.05) is 60.3 Å². The molecule has 0 saturated carbocycles. The van der Waals surface area contributed by atoms with E-state index in [2.05, 4.69) is 20.4 Å². The Morgan fingerprint density at radius 2 is 2.19 bits per heavy atom. The summed E-state index contributed by atoms with van der Waals surface area (Å²) in [5.41, 5.74) is 2.86. The highest BCUT2D eigenvalue weighted by molar-refractivity contribution is 7.15. The normalized spacial score (nSPS) is 12.4. The third-order valence-corrected chi connectivity index (χ3v) is 5.12. The lowest BCUT2D eigenvalue weighted by Crippen LogP contribution is -2.27. The van der Waals surface area contributed by atoms with E-state index in [0.29, 0.717) is 18.1 Å². The molecule has 4 rings (SSSR count). The van der Waals surface area contributed by atoms with E-state index in [4.69, 9.17) is 4.52 Å². The van der Waals surface area contributed by atoms with Gasteiger partial charge in [-0.25, -0.2) is 4.98 Å². The number of carbonyl (C=O) groups excluding carboxylic acids is 1. The highest BCUT2D eigenvalue weighted by Crippen LogP contribution is 2.20. The number of nitrogens with zero attached hydrogens (tertiary/aromatic N) is 4. The molecule has 0 aliphatic carbocycles. The first-order chi connectivity index (χ1) is 13.1. The average molecular weight is 381 g/mol. The van der Waals surface area contributed by atoms with Crippen molar-refractivity contribution >= 4 is 22.2 Å². The van der Waals surface area contributed by atoms with E-state index in [9.17, 15) is 4.79 Å². The van der Waals surface area contributed by atoms with Crippen molar-refractivity contribution in [3.8, 4) is 11.4 Å². The lowest BCUT2D eigenvalue weighted by atomic mass is 10.1. The third kappa shape index (κ3) is 3.75. The van der Waals surface area contributed by atoms with E-state index in [0.717, 1.165) is 21.8 Å². The average Bonchev–Trinajstić information content (AvgIpc) is 3.36. The standard InChI is InChI=1S/C19H19N5O2S/c1-12-5-3-4-6-14(12)18-22-17(26-23-18)8-7-16(25)20-13(2)15-11-24-9-10-27-19(24)21-15/h3-6,9-11,13H,7-8H2,1-2H3,(H,20,25)/t13-/m0/s1. The molecule has 7 nitrogen and oxygen atoms in total. The van der Waals surface area contributed by atoms with Crippen molar-refractivity contribution < 1.29 is 9.32 Å². The zero-order valence-electron chi connectivity index (χ0n) is 15.0. The molecular formula is C19H19N5O2S. The Balaban J connectivity index is 1.34. The first-order valence-corrected chi connectivity index (χ1v) is 9.58. The van der Waals surface area contributed by atoms with Crippen LogP contribution in [0.15, 0.2) is 46.6 Å². The lowest BCUT2D eigenvalue weighted by molar-refractivity contribution is -0.121. The number of fused-ring (bicyclic) bond motifs is 1. The van der Waals surface area contributed by atoms with Crippen LogP contribution in [-0.4, -0.2) is 25.4 Å². The first-order valence-electron chi connectivity index (χ1n) is 8.70. The van der Waals surface area contributed by atoms with Crippen molar-refractivity contribution in [1.82, 2.24) is 24.8 Å². The minimum atomic E-state index is -0.158. The zero-order chi connectivity index (χ0) is 18.8. The van der Waals surface area contributed by atoms with Gasteiger partial charge in [0.1, 0.15) is 0 Å². The number of rotatable bonds is 6. The highest BCUT2D eigenvalue weighted by Gasteiger charge is 2.15. The Labute approximate surface area is 160 Å². The summed E-state index contributed by atoms with van der Waals surface area (Å²) in [4.78, 5) is 22.1. The summed E-state index contributed by atoms with van der Waals surface area (Å²) in [6, 6.07) is 7.70. The van der Waals surface area contributed by atoms with Crippen LogP contribution >= 0.6 is 11.3 Å². The van der Waals surface area contributed by atoms with Crippen molar-refractivity contribution in [2.75, 3.05) is 0 Å². The molecule has 0 radical (unpaired) electrons. The van der Waals surface area contributed by atoms with Gasteiger partial charge in [-0.1, -0.05) is 29.4 Å². The molecule has 4 aromatic rings. The molecule has 0 saturated heterocycles. The van der Waals surface area contributed by atoms with Gasteiger partial charge in [0, 0.05) is 36.2 Å². The van der Waals surface area contributed by atoms with Gasteiger partial charge in [-0.05, 0) is 19.4 Å². The third-order valence-electron chi connectivity index (χ3n) is 4.35. The molecule has 0 spiro atoms. The van der Waals surface area contributed by atoms with Crippen LogP contribution in [0.3, 0.4) is 0 Å². The van der Waals surface area contributed by atoms with E-state index < -0.39 is 0 Å². The van der Waals surface area contributed by atoms with Crippen LogP contribution in [-0.2, 0) is 11.2 Å². The fraction of sp³-hybridized carbons (Fsp3) is 0.263. The van der Waals surface area contributed by atoms with Gasteiger partial charge < -0.3 is 9.84 Å². The Kier molecular flexibility index (Phi) is 4.72. The molecule has 0 aliphatic rings. The maximum Gasteiger partial charge on any atom is 0.227 e. The van der Waals surface area contributed by atoms with E-state index in [1.165, 1.54) is 0 Å². The fourth-order valence-corrected chi connectivity index (χ4v) is 3.56. The Morgan fingerprint density at radius 3 is 3.00 bits per heavy atom. The molecule has 0 bridgehead atoms. The maximum atomic E-state index is 12.3. The molecule has 0 aliphatic heterocycles. The number of carbonyl (C=O) groups is 1. The van der Waals surface area contributed by atoms with Crippen LogP contribution in [0.1, 0.15) is 36.5 Å². The van der Waals surface area contributed by atoms with Crippen molar-refractivity contribution in [3.05, 3.63) is 59.2 Å². The Hall–Kier alpha value is -3.00. The highest BCUT2D eigenvalue weighted by atomic mass is 32.1. The van der Waals surface area contributed by atoms with E-state index >= 15 is 0 Å². The molecule has 1 N–H and O–H groups in total. The molecule has 3 aromatic heterocycles. The topological polar surface area (TPSA) is 85.3 Å². The molecule has 1 aromatic carbocycles. The van der Waals surface area contributed by atoms with Crippen molar-refractivity contribution in [2.45, 2.75) is 32.7 Å². The minimum absolute atomic E-state index is 0.0745. The molecule has 0 unspecified atom stereocenters. The first kappa shape index (κ1) is 17.4. The quantitative estimate of drug-likeness (QED) is 0.552. The number of amides is 1. The van der Waals surface area contributed by atoms with Gasteiger partial charge >= 0.3 is 0 Å². The summed E-state index contributed by atoms with van der Waals surface area (Å²) in [5.74, 6) is 0.933. The SMILES string of the molecule is Cc1ccccc1-c1noc(CCC(=O)N[C@@H](C)c2cn3ccsc3n2)n1. The van der Waals surface area contributed by atoms with Crippen molar-refractivity contribution in [3.63, 3.8) is 0 Å². The van der Waals surface area contributed by atoms with Crippen LogP contribution in [0.4, 0.5) is 0 Å². The number of hydrogen-bond acceptors (Lipinski definition) is 6. The molecular weight excluding hydrogens is 362 g/mol. The van der Waals surface area contributed by atoms with Crippen LogP contribution in [0.2, 0.25) is 0 Å². The molecule has 1 atom stereocenters. The van der Waals surface area contributed by atoms with Gasteiger partial charge in [-0.3, -0.25) is 9.20 Å². The van der Waals surface area contributed by atoms with Crippen LogP contribution in [0.25, 0.3) is 16.3 Å². The van der Waals surface area contributed by atoms with Gasteiger partial charge in [-0.2, -0.15) is 4.98 Å². The number of nitrogens with one attached hydrogen (secondary N) is 1. The second-order valence-corrected chi connectivity index (χ2v) is 7.25. The van der Waals surface area contributed by atoms with Gasteiger partial charge in [0.2, 0.25) is 17.6 Å². The number of thiazole rings is 1. The van der Waals surface area contributed by atoms with Crippen LogP contribution in [0, 0.1) is 6.92 Å². The molecule has 0 fully saturated rings. The van der Waals surface area contributed by atoms with E-state index in [1.54, 1.807) is 11.3 Å². The van der Waals surface area contributed by atoms with E-state index in [-0.39, 0.29) is 18.4 Å². The number of imidazole rings is 1. The zero-order valence-corrected chi connectivity index (χ0v) is 15.9. The summed E-state index contributed by atoms with van der Waals surface area (Å²) in [7, 11) is 0. The van der Waals surface area contributed by atoms with Crippen LogP contribution in [0.5, 0.6) is 0 Å². The number of aromatic nitrogens is 4.